The van der Waals surface area contributed by atoms with Crippen molar-refractivity contribution in [2.24, 2.45) is 0 Å². The molecule has 0 saturated heterocycles. The average Bonchev–Trinajstić information content (AvgIpc) is 2.19. The Hall–Kier alpha value is -1.09. The van der Waals surface area contributed by atoms with E-state index in [4.69, 9.17) is 4.43 Å². The third kappa shape index (κ3) is 3.34. The van der Waals surface area contributed by atoms with Crippen LogP contribution in [0, 0.1) is 0 Å². The minimum atomic E-state index is -1.50. The predicted molar refractivity (Wildman–Crippen MR) is 60.1 cm³/mol. The Morgan fingerprint density at radius 2 is 2.00 bits per heavy atom. The molecule has 0 radical (unpaired) electrons. The predicted octanol–water partition coefficient (Wildman–Crippen LogP) is 1.59. The van der Waals surface area contributed by atoms with Crippen LogP contribution in [0.1, 0.15) is 19.8 Å². The lowest BCUT2D eigenvalue weighted by molar-refractivity contribution is -0.134. The van der Waals surface area contributed by atoms with Crippen molar-refractivity contribution in [3.8, 4) is 0 Å². The van der Waals surface area contributed by atoms with E-state index in [2.05, 4.69) is 0 Å². The zero-order valence-corrected chi connectivity index (χ0v) is 9.85. The normalized spacial score (nSPS) is 12.1. The van der Waals surface area contributed by atoms with E-state index >= 15 is 0 Å². The van der Waals surface area contributed by atoms with E-state index in [0.717, 1.165) is 6.42 Å². The first kappa shape index (κ1) is 11.0. The summed E-state index contributed by atoms with van der Waals surface area (Å²) in [6, 6.07) is 9.98. The first-order valence-corrected chi connectivity index (χ1v) is 7.18. The van der Waals surface area contributed by atoms with Gasteiger partial charge in [-0.3, -0.25) is 4.79 Å². The van der Waals surface area contributed by atoms with Gasteiger partial charge >= 0.3 is 0 Å². The lowest BCUT2D eigenvalue weighted by Gasteiger charge is -2.11. The van der Waals surface area contributed by atoms with Crippen molar-refractivity contribution in [3.05, 3.63) is 30.3 Å². The van der Waals surface area contributed by atoms with Gasteiger partial charge in [0.25, 0.3) is 15.0 Å². The van der Waals surface area contributed by atoms with Crippen molar-refractivity contribution in [2.45, 2.75) is 26.3 Å². The minimum absolute atomic E-state index is 0.0597. The topological polar surface area (TPSA) is 26.3 Å². The third-order valence-electron chi connectivity index (χ3n) is 2.03. The Labute approximate surface area is 86.6 Å². The van der Waals surface area contributed by atoms with Crippen LogP contribution < -0.4 is 5.19 Å². The van der Waals surface area contributed by atoms with Crippen LogP contribution in [0.25, 0.3) is 0 Å². The highest BCUT2D eigenvalue weighted by Gasteiger charge is 2.12. The van der Waals surface area contributed by atoms with Gasteiger partial charge in [-0.05, 0) is 18.2 Å². The quantitative estimate of drug-likeness (QED) is 0.702. The molecule has 0 aromatic heterocycles. The molecule has 1 unspecified atom stereocenters. The molecule has 1 rings (SSSR count). The van der Waals surface area contributed by atoms with E-state index in [-0.39, 0.29) is 5.97 Å². The van der Waals surface area contributed by atoms with Crippen molar-refractivity contribution >= 4 is 20.2 Å². The zero-order chi connectivity index (χ0) is 10.4. The maximum absolute atomic E-state index is 11.2. The number of hydrogen-bond donors (Lipinski definition) is 0. The van der Waals surface area contributed by atoms with Gasteiger partial charge in [-0.25, -0.2) is 0 Å². The second-order valence-corrected chi connectivity index (χ2v) is 5.48. The molecule has 0 amide bonds. The van der Waals surface area contributed by atoms with Crippen LogP contribution in [-0.2, 0) is 9.22 Å². The van der Waals surface area contributed by atoms with Crippen LogP contribution in [0.4, 0.5) is 0 Å². The molecule has 1 aromatic carbocycles. The van der Waals surface area contributed by atoms with Gasteiger partial charge < -0.3 is 4.43 Å². The highest BCUT2D eigenvalue weighted by atomic mass is 28.3. The largest absolute Gasteiger partial charge is 0.518 e. The SMILES string of the molecule is CCCC(=O)O[SiH](C)c1ccccc1. The highest BCUT2D eigenvalue weighted by Crippen LogP contribution is 1.96. The molecule has 0 fully saturated rings. The summed E-state index contributed by atoms with van der Waals surface area (Å²) in [5.41, 5.74) is 0. The van der Waals surface area contributed by atoms with Gasteiger partial charge in [0, 0.05) is 6.42 Å². The molecule has 1 atom stereocenters. The molecular weight excluding hydrogens is 192 g/mol. The molecule has 0 aliphatic heterocycles. The molecule has 76 valence electrons. The van der Waals surface area contributed by atoms with E-state index in [1.165, 1.54) is 5.19 Å². The fourth-order valence-electron chi connectivity index (χ4n) is 1.25. The Balaban J connectivity index is 2.50. The van der Waals surface area contributed by atoms with Gasteiger partial charge in [-0.1, -0.05) is 37.3 Å². The maximum Gasteiger partial charge on any atom is 0.292 e. The number of hydrogen-bond acceptors (Lipinski definition) is 2. The summed E-state index contributed by atoms with van der Waals surface area (Å²) >= 11 is 0. The lowest BCUT2D eigenvalue weighted by Crippen LogP contribution is -2.32. The summed E-state index contributed by atoms with van der Waals surface area (Å²) in [5.74, 6) is -0.0597. The average molecular weight is 208 g/mol. The molecule has 2 nitrogen and oxygen atoms in total. The van der Waals surface area contributed by atoms with Crippen LogP contribution in [0.15, 0.2) is 30.3 Å². The summed E-state index contributed by atoms with van der Waals surface area (Å²) in [7, 11) is -1.50. The molecular formula is C11H16O2Si. The number of carbonyl (C=O) groups excluding carboxylic acids is 1. The van der Waals surface area contributed by atoms with Gasteiger partial charge in [0.15, 0.2) is 0 Å². The smallest absolute Gasteiger partial charge is 0.292 e. The molecule has 14 heavy (non-hydrogen) atoms. The second-order valence-electron chi connectivity index (χ2n) is 3.29. The summed E-state index contributed by atoms with van der Waals surface area (Å²) in [6.07, 6.45) is 1.39. The van der Waals surface area contributed by atoms with Crippen molar-refractivity contribution in [2.75, 3.05) is 0 Å². The monoisotopic (exact) mass is 208 g/mol. The van der Waals surface area contributed by atoms with Crippen molar-refractivity contribution in [1.29, 1.82) is 0 Å². The van der Waals surface area contributed by atoms with E-state index in [0.29, 0.717) is 6.42 Å². The number of benzene rings is 1. The molecule has 0 saturated carbocycles. The molecule has 0 spiro atoms. The molecule has 3 heteroatoms. The second kappa shape index (κ2) is 5.60. The summed E-state index contributed by atoms with van der Waals surface area (Å²) in [5, 5.41) is 1.18. The van der Waals surface area contributed by atoms with Crippen molar-refractivity contribution < 1.29 is 9.22 Å². The minimum Gasteiger partial charge on any atom is -0.518 e. The summed E-state index contributed by atoms with van der Waals surface area (Å²) in [6.45, 7) is 4.01. The lowest BCUT2D eigenvalue weighted by atomic mass is 10.4. The fraction of sp³-hybridized carbons (Fsp3) is 0.364. The highest BCUT2D eigenvalue weighted by molar-refractivity contribution is 6.67. The number of carbonyl (C=O) groups is 1. The number of rotatable bonds is 4. The zero-order valence-electron chi connectivity index (χ0n) is 8.69. The Morgan fingerprint density at radius 1 is 1.36 bits per heavy atom. The van der Waals surface area contributed by atoms with E-state index in [1.807, 2.05) is 43.8 Å². The third-order valence-corrected chi connectivity index (χ3v) is 3.97. The Kier molecular flexibility index (Phi) is 4.39. The van der Waals surface area contributed by atoms with E-state index in [1.54, 1.807) is 0 Å². The Morgan fingerprint density at radius 3 is 2.57 bits per heavy atom. The van der Waals surface area contributed by atoms with Crippen LogP contribution in [0.5, 0.6) is 0 Å². The van der Waals surface area contributed by atoms with Crippen LogP contribution in [0.2, 0.25) is 6.55 Å². The van der Waals surface area contributed by atoms with Gasteiger partial charge in [-0.2, -0.15) is 0 Å². The molecule has 0 heterocycles. The van der Waals surface area contributed by atoms with E-state index < -0.39 is 9.04 Å². The molecule has 1 aromatic rings. The molecule has 0 aliphatic carbocycles. The Bertz CT molecular complexity index is 285. The first-order valence-electron chi connectivity index (χ1n) is 4.98. The standard InChI is InChI=1S/C11H16O2Si/c1-3-7-11(12)13-14(2)10-8-5-4-6-9-10/h4-6,8-9,14H,3,7H2,1-2H3. The van der Waals surface area contributed by atoms with Crippen LogP contribution in [-0.4, -0.2) is 15.0 Å². The van der Waals surface area contributed by atoms with Crippen molar-refractivity contribution in [1.82, 2.24) is 0 Å². The van der Waals surface area contributed by atoms with Gasteiger partial charge in [-0.15, -0.1) is 0 Å². The van der Waals surface area contributed by atoms with Gasteiger partial charge in [0.05, 0.1) is 0 Å². The fourth-order valence-corrected chi connectivity index (χ4v) is 2.66. The summed E-state index contributed by atoms with van der Waals surface area (Å²) in [4.78, 5) is 11.2. The molecule has 0 bridgehead atoms. The van der Waals surface area contributed by atoms with Crippen LogP contribution in [0.3, 0.4) is 0 Å². The van der Waals surface area contributed by atoms with Crippen LogP contribution >= 0.6 is 0 Å². The van der Waals surface area contributed by atoms with Gasteiger partial charge in [0.1, 0.15) is 0 Å². The first-order chi connectivity index (χ1) is 6.74. The maximum atomic E-state index is 11.2. The van der Waals surface area contributed by atoms with Crippen molar-refractivity contribution in [3.63, 3.8) is 0 Å². The molecule has 0 aliphatic rings. The van der Waals surface area contributed by atoms with Gasteiger partial charge in [0.2, 0.25) is 0 Å². The summed E-state index contributed by atoms with van der Waals surface area (Å²) < 4.78 is 5.38. The molecule has 0 N–H and O–H groups in total. The van der Waals surface area contributed by atoms with E-state index in [9.17, 15) is 4.79 Å².